The second-order valence-corrected chi connectivity index (χ2v) is 2.94. The first kappa shape index (κ1) is 9.43. The molecule has 0 fully saturated rings. The summed E-state index contributed by atoms with van der Waals surface area (Å²) < 4.78 is 0. The van der Waals surface area contributed by atoms with Crippen molar-refractivity contribution in [3.8, 4) is 0 Å². The lowest BCUT2D eigenvalue weighted by molar-refractivity contribution is 1.34. The van der Waals surface area contributed by atoms with Crippen molar-refractivity contribution in [1.29, 1.82) is 0 Å². The van der Waals surface area contributed by atoms with E-state index in [1.165, 1.54) is 5.54 Å². The summed E-state index contributed by atoms with van der Waals surface area (Å²) in [6.07, 6.45) is 1.83. The van der Waals surface area contributed by atoms with Crippen LogP contribution in [0.4, 0.5) is 5.69 Å². The van der Waals surface area contributed by atoms with Crippen molar-refractivity contribution in [2.75, 3.05) is 11.9 Å². The summed E-state index contributed by atoms with van der Waals surface area (Å²) in [6.45, 7) is 0.727. The van der Waals surface area contributed by atoms with E-state index < -0.39 is 0 Å². The van der Waals surface area contributed by atoms with Crippen LogP contribution in [0, 0.1) is 0 Å². The minimum atomic E-state index is 0.727. The van der Waals surface area contributed by atoms with Crippen LogP contribution in [0.2, 0.25) is 5.02 Å². The molecule has 0 saturated carbocycles. The maximum atomic E-state index is 5.71. The topological polar surface area (TPSA) is 12.0 Å². The zero-order chi connectivity index (χ0) is 8.81. The standard InChI is InChI=1S/C9H9Cl2N/c10-6-1-7-12-9-4-2-8(11)3-5-9/h1-6,12H,7H2/b6-1+. The molecule has 1 aromatic carbocycles. The molecule has 0 aliphatic heterocycles. The van der Waals surface area contributed by atoms with E-state index in [-0.39, 0.29) is 0 Å². The molecule has 0 aliphatic rings. The maximum absolute atomic E-state index is 5.71. The molecule has 0 heterocycles. The van der Waals surface area contributed by atoms with Gasteiger partial charge in [0.05, 0.1) is 0 Å². The van der Waals surface area contributed by atoms with Gasteiger partial charge in [0.25, 0.3) is 0 Å². The summed E-state index contributed by atoms with van der Waals surface area (Å²) in [6, 6.07) is 7.53. The lowest BCUT2D eigenvalue weighted by Crippen LogP contribution is -1.96. The molecule has 0 bridgehead atoms. The highest BCUT2D eigenvalue weighted by Gasteiger charge is 1.88. The summed E-state index contributed by atoms with van der Waals surface area (Å²) in [7, 11) is 0. The van der Waals surface area contributed by atoms with Gasteiger partial charge in [-0.15, -0.1) is 0 Å². The highest BCUT2D eigenvalue weighted by molar-refractivity contribution is 6.30. The molecule has 0 unspecified atom stereocenters. The van der Waals surface area contributed by atoms with Crippen molar-refractivity contribution in [2.24, 2.45) is 0 Å². The van der Waals surface area contributed by atoms with Gasteiger partial charge in [-0.3, -0.25) is 0 Å². The van der Waals surface area contributed by atoms with E-state index in [0.29, 0.717) is 0 Å². The Kier molecular flexibility index (Phi) is 3.98. The van der Waals surface area contributed by atoms with Crippen LogP contribution in [0.15, 0.2) is 35.9 Å². The molecule has 1 rings (SSSR count). The summed E-state index contributed by atoms with van der Waals surface area (Å²) in [5.41, 5.74) is 2.53. The van der Waals surface area contributed by atoms with Crippen molar-refractivity contribution < 1.29 is 0 Å². The van der Waals surface area contributed by atoms with Crippen LogP contribution in [-0.4, -0.2) is 6.54 Å². The van der Waals surface area contributed by atoms with E-state index in [0.717, 1.165) is 17.3 Å². The van der Waals surface area contributed by atoms with Gasteiger partial charge in [0.2, 0.25) is 0 Å². The molecule has 12 heavy (non-hydrogen) atoms. The second-order valence-electron chi connectivity index (χ2n) is 2.25. The maximum Gasteiger partial charge on any atom is 0.0407 e. The fraction of sp³-hybridized carbons (Fsp3) is 0.111. The van der Waals surface area contributed by atoms with Crippen molar-refractivity contribution in [3.63, 3.8) is 0 Å². The van der Waals surface area contributed by atoms with Gasteiger partial charge in [0.15, 0.2) is 0 Å². The van der Waals surface area contributed by atoms with Crippen molar-refractivity contribution in [2.45, 2.75) is 0 Å². The SMILES string of the molecule is Cl/C=C/CNc1ccc(Cl)cc1. The number of rotatable bonds is 3. The Morgan fingerprint density at radius 1 is 1.25 bits per heavy atom. The van der Waals surface area contributed by atoms with E-state index in [1.54, 1.807) is 0 Å². The van der Waals surface area contributed by atoms with Gasteiger partial charge in [-0.05, 0) is 24.3 Å². The van der Waals surface area contributed by atoms with Crippen LogP contribution in [0.1, 0.15) is 0 Å². The average Bonchev–Trinajstić information content (AvgIpc) is 2.09. The minimum absolute atomic E-state index is 0.727. The van der Waals surface area contributed by atoms with Gasteiger partial charge >= 0.3 is 0 Å². The number of halogens is 2. The smallest absolute Gasteiger partial charge is 0.0407 e. The van der Waals surface area contributed by atoms with Gasteiger partial charge in [0, 0.05) is 22.8 Å². The van der Waals surface area contributed by atoms with Crippen LogP contribution < -0.4 is 5.32 Å². The largest absolute Gasteiger partial charge is 0.382 e. The Labute approximate surface area is 82.0 Å². The third-order valence-electron chi connectivity index (χ3n) is 1.36. The molecule has 1 N–H and O–H groups in total. The van der Waals surface area contributed by atoms with Crippen LogP contribution in [0.5, 0.6) is 0 Å². The molecule has 0 spiro atoms. The third-order valence-corrected chi connectivity index (χ3v) is 1.79. The molecule has 3 heteroatoms. The fourth-order valence-corrected chi connectivity index (χ4v) is 1.00. The van der Waals surface area contributed by atoms with Crippen molar-refractivity contribution >= 4 is 28.9 Å². The molecule has 1 nitrogen and oxygen atoms in total. The first-order valence-electron chi connectivity index (χ1n) is 3.57. The molecule has 0 aliphatic carbocycles. The van der Waals surface area contributed by atoms with E-state index in [9.17, 15) is 0 Å². The van der Waals surface area contributed by atoms with Crippen LogP contribution in [-0.2, 0) is 0 Å². The Balaban J connectivity index is 2.47. The predicted molar refractivity (Wildman–Crippen MR) is 54.9 cm³/mol. The van der Waals surface area contributed by atoms with Gasteiger partial charge in [-0.25, -0.2) is 0 Å². The number of benzene rings is 1. The van der Waals surface area contributed by atoms with E-state index in [4.69, 9.17) is 23.2 Å². The summed E-state index contributed by atoms with van der Waals surface area (Å²) in [4.78, 5) is 0. The molecule has 1 aromatic rings. The lowest BCUT2D eigenvalue weighted by atomic mass is 10.3. The van der Waals surface area contributed by atoms with E-state index >= 15 is 0 Å². The second kappa shape index (κ2) is 5.07. The predicted octanol–water partition coefficient (Wildman–Crippen LogP) is 3.50. The number of hydrogen-bond acceptors (Lipinski definition) is 1. The molecule has 0 atom stereocenters. The molecule has 0 amide bonds. The Morgan fingerprint density at radius 3 is 2.50 bits per heavy atom. The highest BCUT2D eigenvalue weighted by Crippen LogP contribution is 2.12. The molecule has 0 saturated heterocycles. The molecular weight excluding hydrogens is 193 g/mol. The van der Waals surface area contributed by atoms with Gasteiger partial charge in [0.1, 0.15) is 0 Å². The van der Waals surface area contributed by atoms with E-state index in [1.807, 2.05) is 30.3 Å². The third kappa shape index (κ3) is 3.16. The Bertz CT molecular complexity index is 254. The molecule has 64 valence electrons. The Morgan fingerprint density at radius 2 is 1.92 bits per heavy atom. The zero-order valence-corrected chi connectivity index (χ0v) is 7.94. The van der Waals surface area contributed by atoms with Gasteiger partial charge in [-0.1, -0.05) is 29.3 Å². The molecule has 0 aromatic heterocycles. The first-order chi connectivity index (χ1) is 5.83. The van der Waals surface area contributed by atoms with Crippen molar-refractivity contribution in [3.05, 3.63) is 40.9 Å². The van der Waals surface area contributed by atoms with Crippen LogP contribution in [0.3, 0.4) is 0 Å². The van der Waals surface area contributed by atoms with Crippen LogP contribution in [0.25, 0.3) is 0 Å². The van der Waals surface area contributed by atoms with E-state index in [2.05, 4.69) is 5.32 Å². The number of anilines is 1. The quantitative estimate of drug-likeness (QED) is 0.790. The highest BCUT2D eigenvalue weighted by atomic mass is 35.5. The summed E-state index contributed by atoms with van der Waals surface area (Å²) in [5, 5.41) is 3.89. The van der Waals surface area contributed by atoms with Crippen LogP contribution >= 0.6 is 23.2 Å². The normalized spacial score (nSPS) is 10.5. The van der Waals surface area contributed by atoms with Gasteiger partial charge < -0.3 is 5.32 Å². The lowest BCUT2D eigenvalue weighted by Gasteiger charge is -2.01. The zero-order valence-electron chi connectivity index (χ0n) is 6.43. The monoisotopic (exact) mass is 201 g/mol. The summed E-state index contributed by atoms with van der Waals surface area (Å²) >= 11 is 11.1. The number of nitrogens with one attached hydrogen (secondary N) is 1. The first-order valence-corrected chi connectivity index (χ1v) is 4.39. The van der Waals surface area contributed by atoms with Gasteiger partial charge in [-0.2, -0.15) is 0 Å². The molecule has 0 radical (unpaired) electrons. The van der Waals surface area contributed by atoms with Crippen molar-refractivity contribution in [1.82, 2.24) is 0 Å². The number of hydrogen-bond donors (Lipinski definition) is 1. The molecular formula is C9H9Cl2N. The Hall–Kier alpha value is -0.660. The average molecular weight is 202 g/mol. The summed E-state index contributed by atoms with van der Waals surface area (Å²) in [5.74, 6) is 0. The fourth-order valence-electron chi connectivity index (χ4n) is 0.789. The minimum Gasteiger partial charge on any atom is -0.382 e.